The van der Waals surface area contributed by atoms with E-state index in [-0.39, 0.29) is 0 Å². The van der Waals surface area contributed by atoms with Gasteiger partial charge in [-0.05, 0) is 66.5 Å². The molecule has 2 aromatic carbocycles. The minimum atomic E-state index is -1.71. The Morgan fingerprint density at radius 3 is 1.24 bits per heavy atom. The van der Waals surface area contributed by atoms with Crippen LogP contribution in [0, 0.1) is 0 Å². The van der Waals surface area contributed by atoms with Crippen molar-refractivity contribution in [2.24, 2.45) is 0 Å². The van der Waals surface area contributed by atoms with Crippen LogP contribution in [0.5, 0.6) is 0 Å². The van der Waals surface area contributed by atoms with Crippen LogP contribution >= 0.6 is 0 Å². The average Bonchev–Trinajstić information content (AvgIpc) is 3.33. The van der Waals surface area contributed by atoms with Crippen molar-refractivity contribution in [3.8, 4) is 0 Å². The number of likely N-dealkylation sites (tertiary alicyclic amines) is 2. The number of ether oxygens (including phenoxy) is 6. The number of amides is 4. The zero-order valence-electron chi connectivity index (χ0n) is 28.5. The van der Waals surface area contributed by atoms with E-state index < -0.39 is 89.4 Å². The Kier molecular flexibility index (Phi) is 9.34. The van der Waals surface area contributed by atoms with Gasteiger partial charge in [-0.25, -0.2) is 29.0 Å². The molecular formula is C35H40N2O12. The lowest BCUT2D eigenvalue weighted by molar-refractivity contribution is -0.192. The van der Waals surface area contributed by atoms with Gasteiger partial charge in [0.15, 0.2) is 18.0 Å². The van der Waals surface area contributed by atoms with Gasteiger partial charge in [0.05, 0.1) is 0 Å². The highest BCUT2D eigenvalue weighted by molar-refractivity contribution is 6.04. The summed E-state index contributed by atoms with van der Waals surface area (Å²) in [5, 5.41) is 0. The molecule has 0 radical (unpaired) electrons. The molecule has 0 aliphatic carbocycles. The van der Waals surface area contributed by atoms with Gasteiger partial charge in [0.2, 0.25) is 12.2 Å². The summed E-state index contributed by atoms with van der Waals surface area (Å²) in [6.45, 7) is 12.8. The van der Waals surface area contributed by atoms with E-state index in [0.29, 0.717) is 11.1 Å². The van der Waals surface area contributed by atoms with Crippen LogP contribution in [0.2, 0.25) is 0 Å². The first-order chi connectivity index (χ1) is 22.8. The van der Waals surface area contributed by atoms with Crippen molar-refractivity contribution >= 4 is 35.9 Å². The second-order valence-corrected chi connectivity index (χ2v) is 14.3. The van der Waals surface area contributed by atoms with Crippen molar-refractivity contribution in [3.63, 3.8) is 0 Å². The second-order valence-electron chi connectivity index (χ2n) is 14.3. The predicted octanol–water partition coefficient (Wildman–Crippen LogP) is 4.37. The molecule has 14 heteroatoms. The molecule has 262 valence electrons. The molecule has 3 saturated heterocycles. The van der Waals surface area contributed by atoms with Crippen molar-refractivity contribution in [1.29, 1.82) is 0 Å². The molecule has 14 nitrogen and oxygen atoms in total. The molecule has 0 unspecified atom stereocenters. The number of esters is 2. The van der Waals surface area contributed by atoms with Crippen LogP contribution in [-0.4, -0.2) is 87.1 Å². The minimum Gasteiger partial charge on any atom is -0.448 e. The molecule has 0 saturated carbocycles. The van der Waals surface area contributed by atoms with Crippen molar-refractivity contribution < 1.29 is 57.2 Å². The van der Waals surface area contributed by atoms with Gasteiger partial charge in [-0.3, -0.25) is 9.59 Å². The number of hydrogen-bond acceptors (Lipinski definition) is 12. The van der Waals surface area contributed by atoms with Crippen LogP contribution in [0.15, 0.2) is 60.7 Å². The first kappa shape index (κ1) is 35.5. The highest BCUT2D eigenvalue weighted by Crippen LogP contribution is 2.41. The maximum atomic E-state index is 13.6. The first-order valence-electron chi connectivity index (χ1n) is 15.8. The fourth-order valence-corrected chi connectivity index (χ4v) is 5.62. The monoisotopic (exact) mass is 680 g/mol. The minimum absolute atomic E-state index is 0.496. The Labute approximate surface area is 283 Å². The lowest BCUT2D eigenvalue weighted by Gasteiger charge is -2.45. The molecule has 49 heavy (non-hydrogen) atoms. The zero-order valence-corrected chi connectivity index (χ0v) is 28.5. The Bertz CT molecular complexity index is 1510. The molecule has 0 aromatic heterocycles. The highest BCUT2D eigenvalue weighted by atomic mass is 16.8. The summed E-state index contributed by atoms with van der Waals surface area (Å²) in [7, 11) is 0. The molecule has 5 rings (SSSR count). The maximum Gasteiger partial charge on any atom is 0.417 e. The smallest absolute Gasteiger partial charge is 0.417 e. The van der Waals surface area contributed by atoms with E-state index in [4.69, 9.17) is 28.4 Å². The molecule has 0 bridgehead atoms. The Balaban J connectivity index is 1.34. The fourth-order valence-electron chi connectivity index (χ4n) is 5.62. The quantitative estimate of drug-likeness (QED) is 0.241. The predicted molar refractivity (Wildman–Crippen MR) is 168 cm³/mol. The van der Waals surface area contributed by atoms with Gasteiger partial charge in [-0.15, -0.1) is 0 Å². The van der Waals surface area contributed by atoms with Crippen LogP contribution < -0.4 is 0 Å². The number of nitrogens with zero attached hydrogens (tertiary/aromatic N) is 2. The number of imide groups is 2. The second kappa shape index (κ2) is 12.9. The highest BCUT2D eigenvalue weighted by Gasteiger charge is 2.60. The van der Waals surface area contributed by atoms with Gasteiger partial charge in [-0.1, -0.05) is 60.7 Å². The molecule has 3 fully saturated rings. The third kappa shape index (κ3) is 7.44. The normalized spacial score (nSPS) is 26.3. The molecule has 0 N–H and O–H groups in total. The van der Waals surface area contributed by atoms with Crippen LogP contribution in [0.3, 0.4) is 0 Å². The molecule has 2 aromatic rings. The van der Waals surface area contributed by atoms with Crippen molar-refractivity contribution in [2.45, 2.75) is 109 Å². The van der Waals surface area contributed by atoms with Crippen molar-refractivity contribution in [1.82, 2.24) is 9.80 Å². The summed E-state index contributed by atoms with van der Waals surface area (Å²) in [6.07, 6.45) is -8.17. The van der Waals surface area contributed by atoms with Gasteiger partial charge >= 0.3 is 24.1 Å². The number of rotatable bonds is 6. The van der Waals surface area contributed by atoms with E-state index >= 15 is 0 Å². The molecule has 0 spiro atoms. The Morgan fingerprint density at radius 1 is 0.612 bits per heavy atom. The van der Waals surface area contributed by atoms with Crippen LogP contribution in [0.4, 0.5) is 9.59 Å². The van der Waals surface area contributed by atoms with Crippen molar-refractivity contribution in [3.05, 3.63) is 71.8 Å². The summed E-state index contributed by atoms with van der Waals surface area (Å²) in [5.41, 5.74) is -0.814. The fraction of sp³-hybridized carbons (Fsp3) is 0.486. The maximum absolute atomic E-state index is 13.6. The lowest BCUT2D eigenvalue weighted by atomic mass is 9.91. The SMILES string of the molecule is CC(C)(C)OC(=O)N1C(=O)[C@H](OC(=O)[C@@H]2OC(C)(C)O[C@H]2C(=O)O[C@H]2C(=O)N(C(=O)OC(C)(C)C)[C@H]2c2ccccc2)[C@@H]1c1ccccc1. The van der Waals surface area contributed by atoms with Gasteiger partial charge < -0.3 is 28.4 Å². The number of carbonyl (C=O) groups is 6. The van der Waals surface area contributed by atoms with Crippen LogP contribution in [0.1, 0.15) is 78.6 Å². The Morgan fingerprint density at radius 2 is 0.939 bits per heavy atom. The van der Waals surface area contributed by atoms with Crippen LogP contribution in [-0.2, 0) is 47.6 Å². The van der Waals surface area contributed by atoms with Gasteiger partial charge in [0.25, 0.3) is 11.8 Å². The molecule has 6 atom stereocenters. The van der Waals surface area contributed by atoms with Crippen LogP contribution in [0.25, 0.3) is 0 Å². The summed E-state index contributed by atoms with van der Waals surface area (Å²) in [4.78, 5) is 81.3. The third-order valence-corrected chi connectivity index (χ3v) is 7.60. The summed E-state index contributed by atoms with van der Waals surface area (Å²) >= 11 is 0. The lowest BCUT2D eigenvalue weighted by Crippen LogP contribution is -2.64. The van der Waals surface area contributed by atoms with E-state index in [2.05, 4.69) is 0 Å². The van der Waals surface area contributed by atoms with Gasteiger partial charge in [0.1, 0.15) is 23.3 Å². The molecular weight excluding hydrogens is 640 g/mol. The molecule has 4 amide bonds. The topological polar surface area (TPSA) is 164 Å². The molecule has 3 aliphatic rings. The summed E-state index contributed by atoms with van der Waals surface area (Å²) in [5.74, 6) is -5.41. The van der Waals surface area contributed by atoms with Crippen molar-refractivity contribution in [2.75, 3.05) is 0 Å². The molecule has 3 heterocycles. The summed E-state index contributed by atoms with van der Waals surface area (Å²) < 4.78 is 33.5. The molecule has 3 aliphatic heterocycles. The first-order valence-corrected chi connectivity index (χ1v) is 15.8. The Hall–Kier alpha value is -4.82. The third-order valence-electron chi connectivity index (χ3n) is 7.60. The zero-order chi connectivity index (χ0) is 36.1. The summed E-state index contributed by atoms with van der Waals surface area (Å²) in [6, 6.07) is 14.9. The standard InChI is InChI=1S/C35H40N2O12/c1-33(2,3)48-31(42)36-21(19-15-11-9-12-16-19)23(27(36)38)44-29(40)25-26(47-35(7,8)46-25)30(41)45-24-22(20-17-13-10-14-18-20)37(28(24)39)32(43)49-34(4,5)6/h9-18,21-26H,1-8H3/t21-,22-,23+,24+,25+,26+/m0/s1. The average molecular weight is 681 g/mol. The van der Waals surface area contributed by atoms with E-state index in [1.807, 2.05) is 0 Å². The number of hydrogen-bond donors (Lipinski definition) is 0. The van der Waals surface area contributed by atoms with E-state index in [0.717, 1.165) is 9.80 Å². The number of benzene rings is 2. The number of carbonyl (C=O) groups excluding carboxylic acids is 6. The number of β-lactam (4-membered cyclic amide) rings is 2. The largest absolute Gasteiger partial charge is 0.448 e. The van der Waals surface area contributed by atoms with E-state index in [9.17, 15) is 28.8 Å². The van der Waals surface area contributed by atoms with E-state index in [1.54, 1.807) is 102 Å². The van der Waals surface area contributed by atoms with Gasteiger partial charge in [-0.2, -0.15) is 0 Å². The van der Waals surface area contributed by atoms with E-state index in [1.165, 1.54) is 13.8 Å². The van der Waals surface area contributed by atoms with Gasteiger partial charge in [0, 0.05) is 0 Å².